The Kier molecular flexibility index (Phi) is 7.95. The van der Waals surface area contributed by atoms with E-state index in [1.54, 1.807) is 25.7 Å². The van der Waals surface area contributed by atoms with Crippen LogP contribution in [0, 0.1) is 11.5 Å². The lowest BCUT2D eigenvalue weighted by atomic mass is 9.76. The Labute approximate surface area is 225 Å². The number of carbonyl (C=O) groups is 4. The van der Waals surface area contributed by atoms with Gasteiger partial charge in [-0.15, -0.1) is 0 Å². The molecule has 0 radical (unpaired) electrons. The summed E-state index contributed by atoms with van der Waals surface area (Å²) in [5.41, 5.74) is 3.04. The van der Waals surface area contributed by atoms with Crippen LogP contribution in [-0.2, 0) is 50.5 Å². The highest BCUT2D eigenvalue weighted by Gasteiger charge is 2.51. The normalized spacial score (nSPS) is 17.9. The Morgan fingerprint density at radius 3 is 2.21 bits per heavy atom. The zero-order chi connectivity index (χ0) is 28.3. The molecule has 0 bridgehead atoms. The average molecular weight is 538 g/mol. The van der Waals surface area contributed by atoms with Gasteiger partial charge in [-0.05, 0) is 29.2 Å². The van der Waals surface area contributed by atoms with Crippen molar-refractivity contribution < 1.29 is 38.1 Å². The third-order valence-electron chi connectivity index (χ3n) is 6.84. The van der Waals surface area contributed by atoms with Crippen LogP contribution >= 0.6 is 0 Å². The molecule has 2 atom stereocenters. The number of rotatable bonds is 9. The maximum atomic E-state index is 12.6. The second-order valence-electron chi connectivity index (χ2n) is 9.42. The first-order chi connectivity index (χ1) is 18.7. The van der Waals surface area contributed by atoms with E-state index in [1.165, 1.54) is 6.92 Å². The first kappa shape index (κ1) is 27.7. The van der Waals surface area contributed by atoms with Gasteiger partial charge >= 0.3 is 29.9 Å². The predicted molar refractivity (Wildman–Crippen MR) is 136 cm³/mol. The number of nitrogens with zero attached hydrogens (tertiary/aromatic N) is 2. The Morgan fingerprint density at radius 2 is 1.67 bits per heavy atom. The van der Waals surface area contributed by atoms with Gasteiger partial charge in [0.05, 0.1) is 12.6 Å². The number of H-pyrrole nitrogens is 1. The lowest BCUT2D eigenvalue weighted by Crippen LogP contribution is -2.46. The summed E-state index contributed by atoms with van der Waals surface area (Å²) in [7, 11) is 0. The van der Waals surface area contributed by atoms with Crippen LogP contribution in [0.25, 0.3) is 10.9 Å². The van der Waals surface area contributed by atoms with Gasteiger partial charge in [-0.25, -0.2) is 0 Å². The maximum absolute atomic E-state index is 12.6. The predicted octanol–water partition coefficient (Wildman–Crippen LogP) is 3.43. The smallest absolute Gasteiger partial charge is 0.461 e. The number of hydrogen-bond donors (Lipinski definition) is 1. The summed E-state index contributed by atoms with van der Waals surface area (Å²) >= 11 is 0. The van der Waals surface area contributed by atoms with E-state index in [1.807, 2.05) is 24.3 Å². The number of benzene rings is 1. The van der Waals surface area contributed by atoms with Crippen LogP contribution in [0.2, 0.25) is 0 Å². The van der Waals surface area contributed by atoms with Crippen molar-refractivity contribution in [3.63, 3.8) is 0 Å². The number of nitriles is 1. The molecule has 1 aromatic heterocycles. The molecule has 206 valence electrons. The fraction of sp³-hybridized carbons (Fsp3) is 0.464. The van der Waals surface area contributed by atoms with Crippen molar-refractivity contribution in [3.05, 3.63) is 46.7 Å². The van der Waals surface area contributed by atoms with Gasteiger partial charge in [0, 0.05) is 43.0 Å². The summed E-state index contributed by atoms with van der Waals surface area (Å²) in [6, 6.07) is 5.24. The molecule has 4 rings (SSSR count). The molecule has 1 N–H and O–H groups in total. The Bertz CT molecular complexity index is 1340. The van der Waals surface area contributed by atoms with Crippen molar-refractivity contribution in [3.8, 4) is 6.19 Å². The van der Waals surface area contributed by atoms with E-state index in [-0.39, 0.29) is 50.1 Å². The number of esters is 4. The highest BCUT2D eigenvalue weighted by molar-refractivity contribution is 5.91. The minimum atomic E-state index is -2.46. The molecule has 0 saturated carbocycles. The van der Waals surface area contributed by atoms with Crippen LogP contribution in [0.1, 0.15) is 69.7 Å². The molecule has 0 saturated heterocycles. The van der Waals surface area contributed by atoms with Crippen molar-refractivity contribution >= 4 is 34.8 Å². The van der Waals surface area contributed by atoms with Gasteiger partial charge in [-0.2, -0.15) is 5.26 Å². The summed E-state index contributed by atoms with van der Waals surface area (Å²) < 4.78 is 22.1. The number of ether oxygens (including phenoxy) is 4. The number of nitrogens with one attached hydrogen (secondary N) is 1. The third kappa shape index (κ3) is 5.32. The topological polar surface area (TPSA) is 148 Å². The molecule has 2 aliphatic rings. The van der Waals surface area contributed by atoms with Gasteiger partial charge < -0.3 is 28.8 Å². The van der Waals surface area contributed by atoms with Crippen molar-refractivity contribution in [2.24, 2.45) is 0 Å². The van der Waals surface area contributed by atoms with Crippen LogP contribution in [0.4, 0.5) is 0 Å². The van der Waals surface area contributed by atoms with Crippen LogP contribution in [-0.4, -0.2) is 53.0 Å². The molecule has 0 amide bonds. The number of aromatic nitrogens is 1. The monoisotopic (exact) mass is 537 g/mol. The highest BCUT2D eigenvalue weighted by Crippen LogP contribution is 2.46. The summed E-state index contributed by atoms with van der Waals surface area (Å²) in [4.78, 5) is 54.0. The van der Waals surface area contributed by atoms with Crippen LogP contribution in [0.5, 0.6) is 0 Å². The zero-order valence-corrected chi connectivity index (χ0v) is 22.4. The minimum absolute atomic E-state index is 0.0568. The van der Waals surface area contributed by atoms with Gasteiger partial charge in [-0.3, -0.25) is 19.2 Å². The van der Waals surface area contributed by atoms with Crippen molar-refractivity contribution in [1.29, 1.82) is 5.26 Å². The van der Waals surface area contributed by atoms with E-state index >= 15 is 0 Å². The van der Waals surface area contributed by atoms with E-state index in [0.29, 0.717) is 17.5 Å². The third-order valence-corrected chi connectivity index (χ3v) is 6.84. The fourth-order valence-electron chi connectivity index (χ4n) is 5.06. The molecule has 11 heteroatoms. The van der Waals surface area contributed by atoms with Gasteiger partial charge in [-0.1, -0.05) is 39.0 Å². The van der Waals surface area contributed by atoms with Crippen molar-refractivity contribution in [1.82, 2.24) is 9.88 Å². The molecule has 1 aliphatic heterocycles. The SMILES string of the molecule is CCC(=O)OC(OC(=O)CC)(OC(=O)CC)c1[nH]c2cccc3c2c1C[C@@H]1[C@@H]3C=C(COC(C)=O)CN1C#N. The molecule has 0 unspecified atom stereocenters. The molecule has 2 aromatic rings. The van der Waals surface area contributed by atoms with Crippen molar-refractivity contribution in [2.75, 3.05) is 13.2 Å². The number of hydrogen-bond acceptors (Lipinski definition) is 10. The second-order valence-corrected chi connectivity index (χ2v) is 9.42. The summed E-state index contributed by atoms with van der Waals surface area (Å²) in [6.07, 6.45) is 4.38. The molecule has 1 aliphatic carbocycles. The molecule has 0 fully saturated rings. The van der Waals surface area contributed by atoms with E-state index in [9.17, 15) is 24.4 Å². The Balaban J connectivity index is 1.93. The first-order valence-corrected chi connectivity index (χ1v) is 12.9. The molecule has 0 spiro atoms. The summed E-state index contributed by atoms with van der Waals surface area (Å²) in [5.74, 6) is -5.31. The van der Waals surface area contributed by atoms with E-state index in [2.05, 4.69) is 11.2 Å². The molecule has 2 heterocycles. The van der Waals surface area contributed by atoms with E-state index < -0.39 is 29.9 Å². The number of carbonyl (C=O) groups excluding carboxylic acids is 4. The lowest BCUT2D eigenvalue weighted by molar-refractivity contribution is -0.342. The standard InChI is InChI=1S/C28H31N3O8/c1-5-23(33)37-28(38-24(34)6-2,39-25(35)7-3)27-20-12-22-19(18-9-8-10-21(30-27)26(18)20)11-17(13-31(22)15-29)14-36-16(4)32/h8-11,19,22,30H,5-7,12-14H2,1-4H3/t19-,22-/m1/s1. The molecule has 1 aromatic carbocycles. The molecular formula is C28H31N3O8. The average Bonchev–Trinajstić information content (AvgIpc) is 3.31. The van der Waals surface area contributed by atoms with Crippen molar-refractivity contribution in [2.45, 2.75) is 71.3 Å². The minimum Gasteiger partial charge on any atom is -0.461 e. The summed E-state index contributed by atoms with van der Waals surface area (Å²) in [6.45, 7) is 6.38. The highest BCUT2D eigenvalue weighted by atomic mass is 16.9. The number of aromatic amines is 1. The van der Waals surface area contributed by atoms with Crippen LogP contribution in [0.3, 0.4) is 0 Å². The lowest BCUT2D eigenvalue weighted by Gasteiger charge is -2.41. The molecular weight excluding hydrogens is 506 g/mol. The zero-order valence-electron chi connectivity index (χ0n) is 22.4. The largest absolute Gasteiger partial charge is 0.469 e. The van der Waals surface area contributed by atoms with E-state index in [0.717, 1.165) is 16.5 Å². The first-order valence-electron chi connectivity index (χ1n) is 12.9. The van der Waals surface area contributed by atoms with Gasteiger partial charge in [0.25, 0.3) is 0 Å². The second kappa shape index (κ2) is 11.2. The fourth-order valence-corrected chi connectivity index (χ4v) is 5.06. The molecule has 39 heavy (non-hydrogen) atoms. The van der Waals surface area contributed by atoms with E-state index in [4.69, 9.17) is 18.9 Å². The number of fused-ring (bicyclic) bond motifs is 2. The van der Waals surface area contributed by atoms with Gasteiger partial charge in [0.15, 0.2) is 11.9 Å². The molecule has 11 nitrogen and oxygen atoms in total. The quantitative estimate of drug-likeness (QED) is 0.218. The Morgan fingerprint density at radius 1 is 1.05 bits per heavy atom. The summed E-state index contributed by atoms with van der Waals surface area (Å²) in [5, 5.41) is 10.8. The Hall–Kier alpha value is -4.33. The maximum Gasteiger partial charge on any atom is 0.469 e. The van der Waals surface area contributed by atoms with Crippen LogP contribution in [0.15, 0.2) is 29.8 Å². The van der Waals surface area contributed by atoms with Gasteiger partial charge in [0.1, 0.15) is 6.61 Å². The van der Waals surface area contributed by atoms with Gasteiger partial charge in [0.2, 0.25) is 0 Å². The van der Waals surface area contributed by atoms with Crippen LogP contribution < -0.4 is 0 Å².